The number of Topliss-reactive ketones (excluding diaryl/α,β-unsaturated/α-hetero) is 1. The molecule has 3 atom stereocenters. The molecule has 2 aliphatic rings. The first-order valence-corrected chi connectivity index (χ1v) is 15.9. The number of likely N-dealkylation sites (N-methyl/N-ethyl adjacent to an activating group) is 1. The van der Waals surface area contributed by atoms with E-state index in [0.717, 1.165) is 22.6 Å². The van der Waals surface area contributed by atoms with Crippen LogP contribution in [0.3, 0.4) is 0 Å². The number of alkyl halides is 9. The van der Waals surface area contributed by atoms with E-state index in [0.29, 0.717) is 28.8 Å². The Morgan fingerprint density at radius 1 is 0.788 bits per heavy atom. The van der Waals surface area contributed by atoms with Gasteiger partial charge in [0.1, 0.15) is 0 Å². The van der Waals surface area contributed by atoms with Crippen LogP contribution in [-0.2, 0) is 18.5 Å². The Balaban J connectivity index is 1.49. The van der Waals surface area contributed by atoms with E-state index >= 15 is 0 Å². The van der Waals surface area contributed by atoms with Crippen LogP contribution in [0.1, 0.15) is 75.6 Å². The van der Waals surface area contributed by atoms with E-state index in [1.165, 1.54) is 38.2 Å². The molecule has 4 aromatic rings. The molecular formula is C37H30F9N3O3. The molecule has 1 aromatic heterocycles. The van der Waals surface area contributed by atoms with Gasteiger partial charge < -0.3 is 14.5 Å². The molecule has 15 heteroatoms. The van der Waals surface area contributed by atoms with E-state index < -0.39 is 64.9 Å². The third-order valence-corrected chi connectivity index (χ3v) is 9.70. The number of amides is 2. The molecule has 0 aliphatic carbocycles. The van der Waals surface area contributed by atoms with Crippen molar-refractivity contribution in [3.8, 4) is 28.1 Å². The summed E-state index contributed by atoms with van der Waals surface area (Å²) in [6.45, 7) is 3.20. The van der Waals surface area contributed by atoms with Crippen LogP contribution in [0.5, 0.6) is 5.88 Å². The van der Waals surface area contributed by atoms with Gasteiger partial charge in [-0.25, -0.2) is 9.78 Å². The Hall–Kier alpha value is -5.08. The van der Waals surface area contributed by atoms with Crippen molar-refractivity contribution in [2.45, 2.75) is 63.3 Å². The lowest BCUT2D eigenvalue weighted by Crippen LogP contribution is -2.32. The standard InChI is InChI=1S/C37H30F9N3O3/c1-18-11-20(19(2)50)5-7-26(18)22-14-29(33(52-4)47-17-22)27-8-6-23(35(38,39)40)16-28(27)30-9-10-31-32(48(3)34(51)49(30)31)21-12-24(36(41,42)43)15-25(13-21)37(44,45)46/h5-8,11-17,30-32H,9-10H2,1-4H3/t30-,31-,32+/m0/s1. The Morgan fingerprint density at radius 3 is 1.96 bits per heavy atom. The lowest BCUT2D eigenvalue weighted by Gasteiger charge is -2.27. The highest BCUT2D eigenvalue weighted by Crippen LogP contribution is 2.52. The van der Waals surface area contributed by atoms with Crippen LogP contribution in [0.25, 0.3) is 22.3 Å². The summed E-state index contributed by atoms with van der Waals surface area (Å²) >= 11 is 0. The van der Waals surface area contributed by atoms with Gasteiger partial charge in [0.15, 0.2) is 5.78 Å². The Morgan fingerprint density at radius 2 is 1.40 bits per heavy atom. The second kappa shape index (κ2) is 12.8. The number of rotatable bonds is 6. The molecule has 52 heavy (non-hydrogen) atoms. The Bertz CT molecular complexity index is 2040. The first kappa shape index (κ1) is 36.7. The van der Waals surface area contributed by atoms with Crippen molar-refractivity contribution in [3.63, 3.8) is 0 Å². The van der Waals surface area contributed by atoms with E-state index in [1.54, 1.807) is 31.2 Å². The number of carbonyl (C=O) groups is 2. The highest BCUT2D eigenvalue weighted by Gasteiger charge is 2.53. The van der Waals surface area contributed by atoms with Gasteiger partial charge >= 0.3 is 24.6 Å². The molecule has 2 aliphatic heterocycles. The lowest BCUT2D eigenvalue weighted by molar-refractivity contribution is -0.143. The summed E-state index contributed by atoms with van der Waals surface area (Å²) < 4.78 is 131. The summed E-state index contributed by atoms with van der Waals surface area (Å²) in [5.74, 6) is -0.102. The number of aromatic nitrogens is 1. The maximum absolute atomic E-state index is 14.2. The molecule has 0 radical (unpaired) electrons. The molecule has 0 unspecified atom stereocenters. The number of fused-ring (bicyclic) bond motifs is 1. The van der Waals surface area contributed by atoms with E-state index in [2.05, 4.69) is 4.98 Å². The van der Waals surface area contributed by atoms with Gasteiger partial charge in [-0.15, -0.1) is 0 Å². The molecule has 0 bridgehead atoms. The predicted octanol–water partition coefficient (Wildman–Crippen LogP) is 10.3. The van der Waals surface area contributed by atoms with Crippen LogP contribution in [0.2, 0.25) is 0 Å². The largest absolute Gasteiger partial charge is 0.481 e. The zero-order chi connectivity index (χ0) is 38.1. The molecule has 0 saturated carbocycles. The number of urea groups is 1. The number of halogens is 9. The van der Waals surface area contributed by atoms with Crippen LogP contribution in [0.15, 0.2) is 66.9 Å². The quantitative estimate of drug-likeness (QED) is 0.146. The van der Waals surface area contributed by atoms with Gasteiger partial charge in [0.05, 0.1) is 41.9 Å². The molecule has 3 heterocycles. The third kappa shape index (κ3) is 6.56. The number of ketones is 1. The maximum atomic E-state index is 14.2. The zero-order valence-electron chi connectivity index (χ0n) is 28.0. The molecular weight excluding hydrogens is 705 g/mol. The van der Waals surface area contributed by atoms with Gasteiger partial charge in [0.25, 0.3) is 0 Å². The highest BCUT2D eigenvalue weighted by atomic mass is 19.4. The molecule has 6 rings (SSSR count). The summed E-state index contributed by atoms with van der Waals surface area (Å²) in [5.41, 5.74) is -1.58. The number of aryl methyl sites for hydroxylation is 1. The lowest BCUT2D eigenvalue weighted by atomic mass is 9.90. The Kier molecular flexibility index (Phi) is 9.07. The molecule has 0 N–H and O–H groups in total. The molecule has 2 fully saturated rings. The van der Waals surface area contributed by atoms with E-state index in [-0.39, 0.29) is 47.3 Å². The molecule has 2 amide bonds. The van der Waals surface area contributed by atoms with Crippen molar-refractivity contribution in [1.82, 2.24) is 14.8 Å². The summed E-state index contributed by atoms with van der Waals surface area (Å²) in [4.78, 5) is 32.4. The number of hydrogen-bond acceptors (Lipinski definition) is 4. The van der Waals surface area contributed by atoms with Crippen molar-refractivity contribution in [2.24, 2.45) is 0 Å². The van der Waals surface area contributed by atoms with E-state index in [9.17, 15) is 49.1 Å². The number of methoxy groups -OCH3 is 1. The van der Waals surface area contributed by atoms with Crippen LogP contribution in [0.4, 0.5) is 44.3 Å². The summed E-state index contributed by atoms with van der Waals surface area (Å²) in [6, 6.07) is 6.76. The number of pyridine rings is 1. The van der Waals surface area contributed by atoms with Gasteiger partial charge in [0, 0.05) is 29.9 Å². The number of ether oxygens (including phenoxy) is 1. The van der Waals surface area contributed by atoms with Gasteiger partial charge in [-0.3, -0.25) is 4.79 Å². The summed E-state index contributed by atoms with van der Waals surface area (Å²) in [7, 11) is 2.56. The number of carbonyl (C=O) groups excluding carboxylic acids is 2. The molecule has 274 valence electrons. The second-order valence-corrected chi connectivity index (χ2v) is 12.9. The SMILES string of the molecule is COc1ncc(-c2ccc(C(C)=O)cc2C)cc1-c1ccc(C(F)(F)F)cc1[C@@H]1CC[C@H]2[C@@H](c3cc(C(F)(F)F)cc(C(F)(F)F)c3)N(C)C(=O)N12. The predicted molar refractivity (Wildman–Crippen MR) is 171 cm³/mol. The highest BCUT2D eigenvalue weighted by molar-refractivity contribution is 5.95. The van der Waals surface area contributed by atoms with Crippen LogP contribution in [0, 0.1) is 6.92 Å². The number of nitrogens with zero attached hydrogens (tertiary/aromatic N) is 3. The van der Waals surface area contributed by atoms with Crippen molar-refractivity contribution in [2.75, 3.05) is 14.2 Å². The fourth-order valence-electron chi connectivity index (χ4n) is 7.30. The van der Waals surface area contributed by atoms with E-state index in [4.69, 9.17) is 4.74 Å². The number of benzene rings is 3. The summed E-state index contributed by atoms with van der Waals surface area (Å²) in [6.07, 6.45) is -13.4. The van der Waals surface area contributed by atoms with Crippen LogP contribution >= 0.6 is 0 Å². The molecule has 3 aromatic carbocycles. The second-order valence-electron chi connectivity index (χ2n) is 12.9. The van der Waals surface area contributed by atoms with Crippen molar-refractivity contribution >= 4 is 11.8 Å². The Labute approximate surface area is 291 Å². The average molecular weight is 736 g/mol. The van der Waals surface area contributed by atoms with Crippen molar-refractivity contribution in [1.29, 1.82) is 0 Å². The fourth-order valence-corrected chi connectivity index (χ4v) is 7.30. The maximum Gasteiger partial charge on any atom is 0.416 e. The summed E-state index contributed by atoms with van der Waals surface area (Å²) in [5, 5.41) is 0. The number of hydrogen-bond donors (Lipinski definition) is 0. The van der Waals surface area contributed by atoms with Crippen LogP contribution < -0.4 is 4.74 Å². The molecule has 2 saturated heterocycles. The smallest absolute Gasteiger partial charge is 0.416 e. The minimum atomic E-state index is -5.13. The minimum absolute atomic E-state index is 0.000871. The van der Waals surface area contributed by atoms with Gasteiger partial charge in [0.2, 0.25) is 5.88 Å². The van der Waals surface area contributed by atoms with Crippen LogP contribution in [-0.4, -0.2) is 46.8 Å². The van der Waals surface area contributed by atoms with Crippen molar-refractivity contribution in [3.05, 3.63) is 106 Å². The monoisotopic (exact) mass is 735 g/mol. The fraction of sp³-hybridized carbons (Fsp3) is 0.324. The normalized spacial score (nSPS) is 19.3. The van der Waals surface area contributed by atoms with Gasteiger partial charge in [-0.05, 0) is 97.0 Å². The minimum Gasteiger partial charge on any atom is -0.481 e. The topological polar surface area (TPSA) is 62.7 Å². The van der Waals surface area contributed by atoms with Gasteiger partial charge in [-0.1, -0.05) is 18.2 Å². The first-order chi connectivity index (χ1) is 24.2. The molecule has 6 nitrogen and oxygen atoms in total. The van der Waals surface area contributed by atoms with Crippen molar-refractivity contribution < 1.29 is 53.8 Å². The first-order valence-electron chi connectivity index (χ1n) is 15.9. The van der Waals surface area contributed by atoms with Gasteiger partial charge in [-0.2, -0.15) is 39.5 Å². The van der Waals surface area contributed by atoms with E-state index in [1.807, 2.05) is 0 Å². The zero-order valence-corrected chi connectivity index (χ0v) is 28.0. The average Bonchev–Trinajstić information content (AvgIpc) is 3.60. The third-order valence-electron chi connectivity index (χ3n) is 9.70. The molecule has 0 spiro atoms.